The summed E-state index contributed by atoms with van der Waals surface area (Å²) in [6.45, 7) is 6.12. The molecule has 0 aliphatic carbocycles. The van der Waals surface area contributed by atoms with Gasteiger partial charge in [-0.25, -0.2) is 0 Å². The van der Waals surface area contributed by atoms with Crippen molar-refractivity contribution in [3.05, 3.63) is 35.4 Å². The summed E-state index contributed by atoms with van der Waals surface area (Å²) in [7, 11) is 0. The van der Waals surface area contributed by atoms with Gasteiger partial charge in [-0.1, -0.05) is 49.6 Å². The van der Waals surface area contributed by atoms with Crippen molar-refractivity contribution in [2.75, 3.05) is 0 Å². The lowest BCUT2D eigenvalue weighted by atomic mass is 10.0. The zero-order valence-electron chi connectivity index (χ0n) is 11.4. The van der Waals surface area contributed by atoms with Gasteiger partial charge in [0.25, 0.3) is 0 Å². The summed E-state index contributed by atoms with van der Waals surface area (Å²) in [5.74, 6) is -0.762. The third-order valence-electron chi connectivity index (χ3n) is 3.17. The van der Waals surface area contributed by atoms with Gasteiger partial charge in [-0.3, -0.25) is 10.1 Å². The van der Waals surface area contributed by atoms with Crippen molar-refractivity contribution in [1.82, 2.24) is 5.32 Å². The smallest absolute Gasteiger partial charge is 0.320 e. The van der Waals surface area contributed by atoms with E-state index in [2.05, 4.69) is 24.4 Å². The zero-order chi connectivity index (χ0) is 13.5. The average molecular weight is 249 g/mol. The van der Waals surface area contributed by atoms with Crippen molar-refractivity contribution >= 4 is 5.97 Å². The van der Waals surface area contributed by atoms with Crippen LogP contribution in [0.2, 0.25) is 0 Å². The van der Waals surface area contributed by atoms with E-state index in [0.29, 0.717) is 6.42 Å². The van der Waals surface area contributed by atoms with Gasteiger partial charge in [0.05, 0.1) is 0 Å². The monoisotopic (exact) mass is 249 g/mol. The van der Waals surface area contributed by atoms with E-state index in [-0.39, 0.29) is 6.04 Å². The standard InChI is InChI=1S/C15H23NO2/c1-4-5-6-14(15(17)18)16-12(3)13-9-7-11(2)8-10-13/h7-10,12,14,16H,4-6H2,1-3H3,(H,17,18)/t12-,14?/m1/s1. The van der Waals surface area contributed by atoms with E-state index in [4.69, 9.17) is 0 Å². The number of nitrogens with one attached hydrogen (secondary N) is 1. The molecule has 0 spiro atoms. The largest absolute Gasteiger partial charge is 0.480 e. The Labute approximate surface area is 109 Å². The molecule has 0 bridgehead atoms. The molecular weight excluding hydrogens is 226 g/mol. The van der Waals surface area contributed by atoms with Gasteiger partial charge in [-0.2, -0.15) is 0 Å². The van der Waals surface area contributed by atoms with Crippen molar-refractivity contribution in [3.8, 4) is 0 Å². The topological polar surface area (TPSA) is 49.3 Å². The van der Waals surface area contributed by atoms with Crippen LogP contribution in [0.15, 0.2) is 24.3 Å². The Bertz CT molecular complexity index is 373. The Morgan fingerprint density at radius 3 is 2.44 bits per heavy atom. The molecule has 0 saturated carbocycles. The zero-order valence-corrected chi connectivity index (χ0v) is 11.4. The van der Waals surface area contributed by atoms with Gasteiger partial charge in [0.1, 0.15) is 6.04 Å². The molecule has 0 aromatic heterocycles. The minimum absolute atomic E-state index is 0.0588. The normalized spacial score (nSPS) is 14.2. The molecule has 0 aliphatic rings. The molecule has 3 nitrogen and oxygen atoms in total. The number of carboxylic acid groups (broad SMARTS) is 1. The van der Waals surface area contributed by atoms with Crippen molar-refractivity contribution in [1.29, 1.82) is 0 Å². The quantitative estimate of drug-likeness (QED) is 0.779. The van der Waals surface area contributed by atoms with E-state index >= 15 is 0 Å². The Kier molecular flexibility index (Phi) is 5.86. The predicted molar refractivity (Wildman–Crippen MR) is 73.7 cm³/mol. The number of aryl methyl sites for hydroxylation is 1. The van der Waals surface area contributed by atoms with Gasteiger partial charge in [0, 0.05) is 6.04 Å². The molecule has 0 radical (unpaired) electrons. The molecule has 2 atom stereocenters. The fraction of sp³-hybridized carbons (Fsp3) is 0.533. The van der Waals surface area contributed by atoms with Crippen molar-refractivity contribution in [2.24, 2.45) is 0 Å². The number of aliphatic carboxylic acids is 1. The third-order valence-corrected chi connectivity index (χ3v) is 3.17. The van der Waals surface area contributed by atoms with E-state index in [1.54, 1.807) is 0 Å². The molecule has 0 heterocycles. The van der Waals surface area contributed by atoms with Crippen LogP contribution < -0.4 is 5.32 Å². The Hall–Kier alpha value is -1.35. The van der Waals surface area contributed by atoms with Crippen molar-refractivity contribution in [2.45, 2.75) is 52.1 Å². The highest BCUT2D eigenvalue weighted by molar-refractivity contribution is 5.73. The van der Waals surface area contributed by atoms with E-state index < -0.39 is 12.0 Å². The third kappa shape index (κ3) is 4.49. The summed E-state index contributed by atoms with van der Waals surface area (Å²) in [6, 6.07) is 7.80. The van der Waals surface area contributed by atoms with Crippen LogP contribution in [0.3, 0.4) is 0 Å². The first-order valence-corrected chi connectivity index (χ1v) is 6.60. The second-order valence-electron chi connectivity index (χ2n) is 4.83. The highest BCUT2D eigenvalue weighted by atomic mass is 16.4. The fourth-order valence-corrected chi connectivity index (χ4v) is 1.94. The van der Waals surface area contributed by atoms with Crippen LogP contribution >= 0.6 is 0 Å². The lowest BCUT2D eigenvalue weighted by Crippen LogP contribution is -2.38. The Morgan fingerprint density at radius 2 is 1.94 bits per heavy atom. The summed E-state index contributed by atoms with van der Waals surface area (Å²) in [5.41, 5.74) is 2.34. The molecule has 0 fully saturated rings. The van der Waals surface area contributed by atoms with E-state index in [1.807, 2.05) is 26.0 Å². The maximum atomic E-state index is 11.2. The highest BCUT2D eigenvalue weighted by Gasteiger charge is 2.19. The summed E-state index contributed by atoms with van der Waals surface area (Å²) >= 11 is 0. The second kappa shape index (κ2) is 7.17. The number of unbranched alkanes of at least 4 members (excludes halogenated alkanes) is 1. The number of hydrogen-bond donors (Lipinski definition) is 2. The fourth-order valence-electron chi connectivity index (χ4n) is 1.94. The van der Waals surface area contributed by atoms with Crippen molar-refractivity contribution in [3.63, 3.8) is 0 Å². The molecule has 1 unspecified atom stereocenters. The number of carboxylic acids is 1. The molecule has 0 saturated heterocycles. The van der Waals surface area contributed by atoms with Crippen LogP contribution in [0.5, 0.6) is 0 Å². The molecule has 100 valence electrons. The lowest BCUT2D eigenvalue weighted by Gasteiger charge is -2.20. The van der Waals surface area contributed by atoms with E-state index in [1.165, 1.54) is 5.56 Å². The minimum atomic E-state index is -0.762. The molecular formula is C15H23NO2. The first-order valence-electron chi connectivity index (χ1n) is 6.60. The van der Waals surface area contributed by atoms with Crippen LogP contribution in [0.1, 0.15) is 50.3 Å². The molecule has 0 amide bonds. The van der Waals surface area contributed by atoms with Crippen LogP contribution in [0.4, 0.5) is 0 Å². The van der Waals surface area contributed by atoms with Crippen LogP contribution in [0.25, 0.3) is 0 Å². The van der Waals surface area contributed by atoms with Gasteiger partial charge >= 0.3 is 5.97 Å². The molecule has 18 heavy (non-hydrogen) atoms. The highest BCUT2D eigenvalue weighted by Crippen LogP contribution is 2.15. The number of hydrogen-bond acceptors (Lipinski definition) is 2. The maximum Gasteiger partial charge on any atom is 0.320 e. The molecule has 3 heteroatoms. The first-order chi connectivity index (χ1) is 8.54. The van der Waals surface area contributed by atoms with Crippen LogP contribution in [-0.4, -0.2) is 17.1 Å². The average Bonchev–Trinajstić information content (AvgIpc) is 2.34. The molecule has 1 rings (SSSR count). The Balaban J connectivity index is 2.62. The first kappa shape index (κ1) is 14.7. The summed E-state index contributed by atoms with van der Waals surface area (Å²) in [6.07, 6.45) is 2.64. The molecule has 1 aromatic carbocycles. The maximum absolute atomic E-state index is 11.2. The lowest BCUT2D eigenvalue weighted by molar-refractivity contribution is -0.139. The number of rotatable bonds is 7. The summed E-state index contributed by atoms with van der Waals surface area (Å²) in [5, 5.41) is 12.4. The molecule has 2 N–H and O–H groups in total. The molecule has 0 aliphatic heterocycles. The van der Waals surface area contributed by atoms with Crippen molar-refractivity contribution < 1.29 is 9.90 Å². The minimum Gasteiger partial charge on any atom is -0.480 e. The number of benzene rings is 1. The van der Waals surface area contributed by atoms with Crippen LogP contribution in [-0.2, 0) is 4.79 Å². The van der Waals surface area contributed by atoms with Crippen LogP contribution in [0, 0.1) is 6.92 Å². The molecule has 1 aromatic rings. The van der Waals surface area contributed by atoms with Gasteiger partial charge in [-0.15, -0.1) is 0 Å². The van der Waals surface area contributed by atoms with E-state index in [0.717, 1.165) is 18.4 Å². The second-order valence-corrected chi connectivity index (χ2v) is 4.83. The van der Waals surface area contributed by atoms with Gasteiger partial charge in [0.15, 0.2) is 0 Å². The Morgan fingerprint density at radius 1 is 1.33 bits per heavy atom. The van der Waals surface area contributed by atoms with Gasteiger partial charge < -0.3 is 5.11 Å². The summed E-state index contributed by atoms with van der Waals surface area (Å²) < 4.78 is 0. The van der Waals surface area contributed by atoms with E-state index in [9.17, 15) is 9.90 Å². The number of carbonyl (C=O) groups is 1. The predicted octanol–water partition coefficient (Wildman–Crippen LogP) is 3.29. The SMILES string of the molecule is CCCCC(N[C@H](C)c1ccc(C)cc1)C(=O)O. The van der Waals surface area contributed by atoms with Gasteiger partial charge in [0.2, 0.25) is 0 Å². The summed E-state index contributed by atoms with van der Waals surface area (Å²) in [4.78, 5) is 11.2. The van der Waals surface area contributed by atoms with Gasteiger partial charge in [-0.05, 0) is 25.8 Å².